The average Bonchev–Trinajstić information content (AvgIpc) is 3.26. The number of benzene rings is 1. The first-order chi connectivity index (χ1) is 14.6. The Kier molecular flexibility index (Phi) is 4.90. The molecule has 1 fully saturated rings. The second kappa shape index (κ2) is 7.72. The summed E-state index contributed by atoms with van der Waals surface area (Å²) in [5.74, 6) is 0.483. The van der Waals surface area contributed by atoms with Gasteiger partial charge in [0, 0.05) is 23.6 Å². The third kappa shape index (κ3) is 3.33. The third-order valence-corrected chi connectivity index (χ3v) is 6.73. The Labute approximate surface area is 177 Å². The van der Waals surface area contributed by atoms with Crippen molar-refractivity contribution in [2.75, 3.05) is 0 Å². The van der Waals surface area contributed by atoms with Gasteiger partial charge < -0.3 is 0 Å². The van der Waals surface area contributed by atoms with Gasteiger partial charge in [-0.2, -0.15) is 0 Å². The number of rotatable bonds is 4. The molecule has 0 N–H and O–H groups in total. The molecule has 0 aliphatic heterocycles. The summed E-state index contributed by atoms with van der Waals surface area (Å²) in [4.78, 5) is 35.3. The van der Waals surface area contributed by atoms with Crippen LogP contribution in [0.5, 0.6) is 0 Å². The van der Waals surface area contributed by atoms with Crippen molar-refractivity contribution in [3.05, 3.63) is 80.6 Å². The zero-order valence-electron chi connectivity index (χ0n) is 16.7. The Bertz CT molecular complexity index is 1370. The Morgan fingerprint density at radius 3 is 2.67 bits per heavy atom. The summed E-state index contributed by atoms with van der Waals surface area (Å²) in [6, 6.07) is 14.9. The molecule has 0 atom stereocenters. The first-order valence-corrected chi connectivity index (χ1v) is 11.2. The van der Waals surface area contributed by atoms with E-state index in [1.807, 2.05) is 54.0 Å². The van der Waals surface area contributed by atoms with Crippen molar-refractivity contribution in [1.82, 2.24) is 18.9 Å². The molecule has 1 aromatic carbocycles. The van der Waals surface area contributed by atoms with Gasteiger partial charge in [-0.3, -0.25) is 18.6 Å². The van der Waals surface area contributed by atoms with Crippen LogP contribution in [0.3, 0.4) is 0 Å². The molecule has 3 heterocycles. The smallest absolute Gasteiger partial charge is 0.262 e. The van der Waals surface area contributed by atoms with Crippen molar-refractivity contribution < 1.29 is 0 Å². The normalized spacial score (nSPS) is 14.7. The predicted octanol–water partition coefficient (Wildman–Crippen LogP) is 4.12. The molecule has 30 heavy (non-hydrogen) atoms. The second-order valence-corrected chi connectivity index (χ2v) is 8.70. The molecule has 6 nitrogen and oxygen atoms in total. The molecule has 1 saturated carbocycles. The maximum atomic E-state index is 13.3. The van der Waals surface area contributed by atoms with Crippen LogP contribution in [0.2, 0.25) is 0 Å². The van der Waals surface area contributed by atoms with Gasteiger partial charge in [-0.1, -0.05) is 42.8 Å². The number of hydrogen-bond acceptors (Lipinski definition) is 5. The van der Waals surface area contributed by atoms with Crippen molar-refractivity contribution in [3.63, 3.8) is 0 Å². The van der Waals surface area contributed by atoms with Crippen LogP contribution in [-0.4, -0.2) is 18.9 Å². The number of aryl methyl sites for hydroxylation is 1. The molecule has 0 amide bonds. The van der Waals surface area contributed by atoms with Gasteiger partial charge >= 0.3 is 0 Å². The van der Waals surface area contributed by atoms with Gasteiger partial charge in [0.2, 0.25) is 0 Å². The number of thioether (sulfide) groups is 1. The predicted molar refractivity (Wildman–Crippen MR) is 119 cm³/mol. The fourth-order valence-electron chi connectivity index (χ4n) is 4.29. The van der Waals surface area contributed by atoms with Crippen LogP contribution in [0.1, 0.15) is 43.1 Å². The van der Waals surface area contributed by atoms with E-state index in [4.69, 9.17) is 4.98 Å². The zero-order chi connectivity index (χ0) is 20.7. The topological polar surface area (TPSA) is 69.3 Å². The average molecular weight is 419 g/mol. The minimum Gasteiger partial charge on any atom is -0.284 e. The van der Waals surface area contributed by atoms with Gasteiger partial charge in [-0.05, 0) is 44.0 Å². The van der Waals surface area contributed by atoms with E-state index >= 15 is 0 Å². The largest absolute Gasteiger partial charge is 0.284 e. The molecule has 0 unspecified atom stereocenters. The van der Waals surface area contributed by atoms with E-state index in [0.29, 0.717) is 33.2 Å². The quantitative estimate of drug-likeness (QED) is 0.368. The van der Waals surface area contributed by atoms with E-state index in [0.717, 1.165) is 31.4 Å². The van der Waals surface area contributed by atoms with Crippen molar-refractivity contribution in [2.45, 2.75) is 49.6 Å². The van der Waals surface area contributed by atoms with E-state index in [2.05, 4.69) is 4.98 Å². The minimum absolute atomic E-state index is 0.0252. The van der Waals surface area contributed by atoms with Crippen molar-refractivity contribution >= 4 is 28.3 Å². The van der Waals surface area contributed by atoms with Crippen LogP contribution in [0.15, 0.2) is 63.3 Å². The standard InChI is InChI=1S/C23H22N4O2S/c1-15-7-6-12-20-24-16(13-21(28)26(15)20)14-30-23-25-19-11-5-4-10-18(19)22(29)27(23)17-8-2-3-9-17/h4-7,10-13,17H,2-3,8-9,14H2,1H3. The molecule has 1 aliphatic carbocycles. The van der Waals surface area contributed by atoms with Crippen molar-refractivity contribution in [2.24, 2.45) is 0 Å². The van der Waals surface area contributed by atoms with Crippen LogP contribution in [-0.2, 0) is 5.75 Å². The molecule has 152 valence electrons. The Balaban J connectivity index is 1.55. The highest BCUT2D eigenvalue weighted by molar-refractivity contribution is 7.98. The van der Waals surface area contributed by atoms with Crippen LogP contribution < -0.4 is 11.1 Å². The molecule has 0 spiro atoms. The van der Waals surface area contributed by atoms with Crippen LogP contribution >= 0.6 is 11.8 Å². The minimum atomic E-state index is -0.0895. The van der Waals surface area contributed by atoms with Crippen LogP contribution in [0.25, 0.3) is 16.6 Å². The molecule has 0 saturated heterocycles. The maximum Gasteiger partial charge on any atom is 0.262 e. The maximum absolute atomic E-state index is 13.3. The summed E-state index contributed by atoms with van der Waals surface area (Å²) in [5.41, 5.74) is 2.83. The summed E-state index contributed by atoms with van der Waals surface area (Å²) >= 11 is 1.48. The highest BCUT2D eigenvalue weighted by Crippen LogP contribution is 2.32. The Morgan fingerprint density at radius 1 is 1.03 bits per heavy atom. The summed E-state index contributed by atoms with van der Waals surface area (Å²) < 4.78 is 3.48. The molecular weight excluding hydrogens is 396 g/mol. The Morgan fingerprint density at radius 2 is 1.83 bits per heavy atom. The number of para-hydroxylation sites is 1. The number of nitrogens with zero attached hydrogens (tertiary/aromatic N) is 4. The monoisotopic (exact) mass is 418 g/mol. The number of fused-ring (bicyclic) bond motifs is 2. The van der Waals surface area contributed by atoms with Gasteiger partial charge in [0.1, 0.15) is 5.65 Å². The Hall–Kier alpha value is -2.93. The SMILES string of the molecule is Cc1cccc2nc(CSc3nc4ccccc4c(=O)n3C3CCCC3)cc(=O)n12. The van der Waals surface area contributed by atoms with E-state index in [9.17, 15) is 9.59 Å². The zero-order valence-corrected chi connectivity index (χ0v) is 17.6. The summed E-state index contributed by atoms with van der Waals surface area (Å²) in [7, 11) is 0. The summed E-state index contributed by atoms with van der Waals surface area (Å²) in [5, 5.41) is 1.36. The number of hydrogen-bond donors (Lipinski definition) is 0. The summed E-state index contributed by atoms with van der Waals surface area (Å²) in [6.45, 7) is 1.89. The summed E-state index contributed by atoms with van der Waals surface area (Å²) in [6.07, 6.45) is 4.28. The fourth-order valence-corrected chi connectivity index (χ4v) is 5.25. The molecule has 5 rings (SSSR count). The highest BCUT2D eigenvalue weighted by Gasteiger charge is 2.23. The van der Waals surface area contributed by atoms with Gasteiger partial charge in [-0.25, -0.2) is 9.97 Å². The molecule has 3 aromatic heterocycles. The first kappa shape index (κ1) is 19.1. The van der Waals surface area contributed by atoms with Gasteiger partial charge in [0.05, 0.1) is 16.6 Å². The van der Waals surface area contributed by atoms with E-state index in [1.165, 1.54) is 11.8 Å². The lowest BCUT2D eigenvalue weighted by molar-refractivity contribution is 0.457. The lowest BCUT2D eigenvalue weighted by Crippen LogP contribution is -2.26. The molecule has 0 radical (unpaired) electrons. The van der Waals surface area contributed by atoms with Gasteiger partial charge in [0.25, 0.3) is 11.1 Å². The lowest BCUT2D eigenvalue weighted by atomic mass is 10.2. The highest BCUT2D eigenvalue weighted by atomic mass is 32.2. The molecule has 0 bridgehead atoms. The first-order valence-electron chi connectivity index (χ1n) is 10.2. The van der Waals surface area contributed by atoms with E-state index < -0.39 is 0 Å². The van der Waals surface area contributed by atoms with E-state index in [1.54, 1.807) is 10.5 Å². The lowest BCUT2D eigenvalue weighted by Gasteiger charge is -2.18. The van der Waals surface area contributed by atoms with Crippen molar-refractivity contribution in [1.29, 1.82) is 0 Å². The molecule has 7 heteroatoms. The number of aromatic nitrogens is 4. The molecular formula is C23H22N4O2S. The second-order valence-electron chi connectivity index (χ2n) is 7.76. The van der Waals surface area contributed by atoms with Gasteiger partial charge in [0.15, 0.2) is 5.16 Å². The van der Waals surface area contributed by atoms with E-state index in [-0.39, 0.29) is 17.2 Å². The molecule has 4 aromatic rings. The van der Waals surface area contributed by atoms with Crippen LogP contribution in [0.4, 0.5) is 0 Å². The van der Waals surface area contributed by atoms with Crippen molar-refractivity contribution in [3.8, 4) is 0 Å². The number of pyridine rings is 1. The van der Waals surface area contributed by atoms with Gasteiger partial charge in [-0.15, -0.1) is 0 Å². The van der Waals surface area contributed by atoms with Crippen LogP contribution in [0, 0.1) is 6.92 Å². The fraction of sp³-hybridized carbons (Fsp3) is 0.304. The molecule has 1 aliphatic rings. The third-order valence-electron chi connectivity index (χ3n) is 5.75.